The minimum Gasteiger partial charge on any atom is -0.288 e. The van der Waals surface area contributed by atoms with Gasteiger partial charge in [-0.25, -0.2) is 14.1 Å². The van der Waals surface area contributed by atoms with Crippen molar-refractivity contribution in [3.05, 3.63) is 64.0 Å². The summed E-state index contributed by atoms with van der Waals surface area (Å²) >= 11 is 0. The average molecular weight is 345 g/mol. The summed E-state index contributed by atoms with van der Waals surface area (Å²) in [6.07, 6.45) is 2.30. The lowest BCUT2D eigenvalue weighted by molar-refractivity contribution is -0.385. The highest BCUT2D eigenvalue weighted by atomic mass is 19.1. The van der Waals surface area contributed by atoms with Crippen LogP contribution < -0.4 is 5.32 Å². The third kappa shape index (κ3) is 3.34. The summed E-state index contributed by atoms with van der Waals surface area (Å²) in [6, 6.07) is 6.21. The van der Waals surface area contributed by atoms with Crippen LogP contribution in [0.4, 0.5) is 16.0 Å². The SMILES string of the molecule is Cn1ncc([N+](=O)[O-])c1C(=O)Nc1ncn(Cc2ccccc2F)n1. The molecule has 1 amide bonds. The number of nitrogens with one attached hydrogen (secondary N) is 1. The van der Waals surface area contributed by atoms with Gasteiger partial charge in [0.25, 0.3) is 5.91 Å². The molecule has 2 heterocycles. The highest BCUT2D eigenvalue weighted by Crippen LogP contribution is 2.17. The lowest BCUT2D eigenvalue weighted by Gasteiger charge is -2.03. The normalized spacial score (nSPS) is 10.6. The van der Waals surface area contributed by atoms with E-state index in [0.717, 1.165) is 10.9 Å². The molecule has 0 radical (unpaired) electrons. The van der Waals surface area contributed by atoms with Gasteiger partial charge in [0, 0.05) is 12.6 Å². The van der Waals surface area contributed by atoms with Crippen LogP contribution >= 0.6 is 0 Å². The number of amides is 1. The van der Waals surface area contributed by atoms with Crippen molar-refractivity contribution in [1.82, 2.24) is 24.5 Å². The maximum Gasteiger partial charge on any atom is 0.320 e. The van der Waals surface area contributed by atoms with Gasteiger partial charge in [0.15, 0.2) is 0 Å². The number of hydrogen-bond acceptors (Lipinski definition) is 6. The number of benzene rings is 1. The van der Waals surface area contributed by atoms with Crippen molar-refractivity contribution >= 4 is 17.5 Å². The van der Waals surface area contributed by atoms with Gasteiger partial charge in [-0.05, 0) is 6.07 Å². The molecule has 0 aliphatic heterocycles. The largest absolute Gasteiger partial charge is 0.320 e. The van der Waals surface area contributed by atoms with E-state index in [1.165, 1.54) is 24.1 Å². The Kier molecular flexibility index (Phi) is 4.20. The van der Waals surface area contributed by atoms with Crippen LogP contribution in [0.5, 0.6) is 0 Å². The molecule has 0 fully saturated rings. The Morgan fingerprint density at radius 2 is 2.16 bits per heavy atom. The fourth-order valence-corrected chi connectivity index (χ4v) is 2.21. The first-order valence-electron chi connectivity index (χ1n) is 7.06. The third-order valence-electron chi connectivity index (χ3n) is 3.38. The summed E-state index contributed by atoms with van der Waals surface area (Å²) in [5.74, 6) is -1.21. The topological polar surface area (TPSA) is 121 Å². The maximum absolute atomic E-state index is 13.6. The molecule has 3 rings (SSSR count). The van der Waals surface area contributed by atoms with Crippen LogP contribution in [0.25, 0.3) is 0 Å². The molecular weight excluding hydrogens is 333 g/mol. The highest BCUT2D eigenvalue weighted by Gasteiger charge is 2.26. The smallest absolute Gasteiger partial charge is 0.288 e. The van der Waals surface area contributed by atoms with Crippen LogP contribution in [-0.2, 0) is 13.6 Å². The number of nitrogens with zero attached hydrogens (tertiary/aromatic N) is 6. The standard InChI is InChI=1S/C14H12FN7O3/c1-20-12(11(6-17-20)22(24)25)13(23)18-14-16-8-21(19-14)7-9-4-2-3-5-10(9)15/h2-6,8H,7H2,1H3,(H,18,19,23). The van der Waals surface area contributed by atoms with E-state index < -0.39 is 16.5 Å². The molecule has 2 aromatic heterocycles. The zero-order valence-corrected chi connectivity index (χ0v) is 13.0. The van der Waals surface area contributed by atoms with Crippen molar-refractivity contribution in [1.29, 1.82) is 0 Å². The van der Waals surface area contributed by atoms with Crippen molar-refractivity contribution in [3.8, 4) is 0 Å². The second-order valence-corrected chi connectivity index (χ2v) is 5.07. The molecule has 3 aromatic rings. The Labute approximate surface area is 140 Å². The summed E-state index contributed by atoms with van der Waals surface area (Å²) in [4.78, 5) is 26.3. The Hall–Kier alpha value is -3.63. The van der Waals surface area contributed by atoms with Gasteiger partial charge < -0.3 is 0 Å². The van der Waals surface area contributed by atoms with Gasteiger partial charge in [0.1, 0.15) is 18.3 Å². The minimum absolute atomic E-state index is 0.0585. The molecule has 0 spiro atoms. The molecule has 0 unspecified atom stereocenters. The van der Waals surface area contributed by atoms with E-state index >= 15 is 0 Å². The molecule has 0 atom stereocenters. The van der Waals surface area contributed by atoms with Crippen molar-refractivity contribution in [2.45, 2.75) is 6.54 Å². The van der Waals surface area contributed by atoms with Crippen molar-refractivity contribution in [2.75, 3.05) is 5.32 Å². The molecule has 0 aliphatic rings. The lowest BCUT2D eigenvalue weighted by Crippen LogP contribution is -2.18. The number of carbonyl (C=O) groups is 1. The second kappa shape index (κ2) is 6.47. The molecule has 0 bridgehead atoms. The van der Waals surface area contributed by atoms with E-state index in [1.807, 2.05) is 0 Å². The Balaban J connectivity index is 1.76. The molecule has 11 heteroatoms. The summed E-state index contributed by atoms with van der Waals surface area (Å²) in [6.45, 7) is 0.126. The van der Waals surface area contributed by atoms with Gasteiger partial charge >= 0.3 is 5.69 Å². The van der Waals surface area contributed by atoms with E-state index in [4.69, 9.17) is 0 Å². The van der Waals surface area contributed by atoms with E-state index in [2.05, 4.69) is 20.5 Å². The third-order valence-corrected chi connectivity index (χ3v) is 3.38. The first kappa shape index (κ1) is 16.2. The predicted octanol–water partition coefficient (Wildman–Crippen LogP) is 1.36. The van der Waals surface area contributed by atoms with E-state index in [0.29, 0.717) is 5.56 Å². The number of halogens is 1. The first-order valence-corrected chi connectivity index (χ1v) is 7.06. The maximum atomic E-state index is 13.6. The number of anilines is 1. The number of nitro groups is 1. The minimum atomic E-state index is -0.768. The zero-order chi connectivity index (χ0) is 18.0. The summed E-state index contributed by atoms with van der Waals surface area (Å²) in [5, 5.41) is 21.0. The number of hydrogen-bond donors (Lipinski definition) is 1. The Bertz CT molecular complexity index is 950. The average Bonchev–Trinajstić information content (AvgIpc) is 3.16. The number of aryl methyl sites for hydroxylation is 1. The summed E-state index contributed by atoms with van der Waals surface area (Å²) in [7, 11) is 1.41. The molecule has 0 saturated carbocycles. The van der Waals surface area contributed by atoms with Crippen molar-refractivity contribution in [3.63, 3.8) is 0 Å². The quantitative estimate of drug-likeness (QED) is 0.550. The first-order chi connectivity index (χ1) is 12.0. The molecule has 25 heavy (non-hydrogen) atoms. The molecular formula is C14H12FN7O3. The highest BCUT2D eigenvalue weighted by molar-refractivity contribution is 6.04. The Morgan fingerprint density at radius 1 is 1.40 bits per heavy atom. The van der Waals surface area contributed by atoms with Gasteiger partial charge in [-0.3, -0.25) is 24.9 Å². The predicted molar refractivity (Wildman–Crippen MR) is 83.3 cm³/mol. The van der Waals surface area contributed by atoms with Crippen molar-refractivity contribution < 1.29 is 14.1 Å². The molecule has 10 nitrogen and oxygen atoms in total. The number of rotatable bonds is 5. The zero-order valence-electron chi connectivity index (χ0n) is 13.0. The number of aromatic nitrogens is 5. The molecule has 0 aliphatic carbocycles. The Morgan fingerprint density at radius 3 is 2.88 bits per heavy atom. The van der Waals surface area contributed by atoms with Gasteiger partial charge in [0.05, 0.1) is 11.5 Å². The summed E-state index contributed by atoms with van der Waals surface area (Å²) in [5.41, 5.74) is -0.242. The monoisotopic (exact) mass is 345 g/mol. The molecule has 0 saturated heterocycles. The fourth-order valence-electron chi connectivity index (χ4n) is 2.21. The van der Waals surface area contributed by atoms with Gasteiger partial charge in [-0.2, -0.15) is 5.10 Å². The van der Waals surface area contributed by atoms with Crippen LogP contribution in [-0.4, -0.2) is 35.4 Å². The second-order valence-electron chi connectivity index (χ2n) is 5.07. The van der Waals surface area contributed by atoms with Gasteiger partial charge in [0.2, 0.25) is 11.6 Å². The van der Waals surface area contributed by atoms with E-state index in [9.17, 15) is 19.3 Å². The molecule has 1 N–H and O–H groups in total. The van der Waals surface area contributed by atoms with E-state index in [-0.39, 0.29) is 24.0 Å². The molecule has 1 aromatic carbocycles. The fraction of sp³-hybridized carbons (Fsp3) is 0.143. The van der Waals surface area contributed by atoms with Crippen LogP contribution in [0, 0.1) is 15.9 Å². The van der Waals surface area contributed by atoms with Crippen LogP contribution in [0.3, 0.4) is 0 Å². The van der Waals surface area contributed by atoms with Crippen LogP contribution in [0.2, 0.25) is 0 Å². The van der Waals surface area contributed by atoms with Gasteiger partial charge in [-0.15, -0.1) is 5.10 Å². The van der Waals surface area contributed by atoms with Gasteiger partial charge in [-0.1, -0.05) is 18.2 Å². The van der Waals surface area contributed by atoms with Crippen LogP contribution in [0.15, 0.2) is 36.8 Å². The van der Waals surface area contributed by atoms with Crippen molar-refractivity contribution in [2.24, 2.45) is 7.05 Å². The summed E-state index contributed by atoms with van der Waals surface area (Å²) < 4.78 is 16.1. The van der Waals surface area contributed by atoms with E-state index in [1.54, 1.807) is 18.2 Å². The van der Waals surface area contributed by atoms with Crippen LogP contribution in [0.1, 0.15) is 16.1 Å². The molecule has 128 valence electrons. The lowest BCUT2D eigenvalue weighted by atomic mass is 10.2. The number of carbonyl (C=O) groups excluding carboxylic acids is 1.